The highest BCUT2D eigenvalue weighted by Crippen LogP contribution is 2.43. The number of benzene rings is 2. The Hall–Kier alpha value is -3.55. The number of halogens is 3. The molecule has 3 unspecified atom stereocenters. The molecular formula is C25H21F3O5. The van der Waals surface area contributed by atoms with E-state index >= 15 is 0 Å². The maximum absolute atomic E-state index is 13.8. The summed E-state index contributed by atoms with van der Waals surface area (Å²) in [5.74, 6) is -2.72. The average molecular weight is 458 g/mol. The lowest BCUT2D eigenvalue weighted by atomic mass is 10.0. The molecule has 1 aromatic heterocycles. The Balaban J connectivity index is 1.59. The molecule has 0 bridgehead atoms. The molecule has 3 atom stereocenters. The van der Waals surface area contributed by atoms with E-state index in [4.69, 9.17) is 13.9 Å². The summed E-state index contributed by atoms with van der Waals surface area (Å²) in [6.07, 6.45) is -7.17. The molecule has 2 aromatic carbocycles. The molecule has 0 saturated heterocycles. The number of rotatable bonds is 5. The van der Waals surface area contributed by atoms with Crippen molar-refractivity contribution in [2.45, 2.75) is 38.1 Å². The van der Waals surface area contributed by atoms with Gasteiger partial charge in [0.15, 0.2) is 0 Å². The van der Waals surface area contributed by atoms with E-state index in [1.165, 1.54) is 19.1 Å². The average Bonchev–Trinajstić information content (AvgIpc) is 3.16. The van der Waals surface area contributed by atoms with E-state index in [1.54, 1.807) is 36.4 Å². The molecule has 8 heteroatoms. The summed E-state index contributed by atoms with van der Waals surface area (Å²) in [5.41, 5.74) is 0.741. The summed E-state index contributed by atoms with van der Waals surface area (Å²) < 4.78 is 57.4. The number of esters is 1. The first-order valence-electron chi connectivity index (χ1n) is 10.4. The third-order valence-electron chi connectivity index (χ3n) is 5.60. The fourth-order valence-corrected chi connectivity index (χ4v) is 4.01. The Labute approximate surface area is 187 Å². The number of hydrogen-bond donors (Lipinski definition) is 0. The van der Waals surface area contributed by atoms with Crippen molar-refractivity contribution >= 4 is 16.9 Å². The van der Waals surface area contributed by atoms with Gasteiger partial charge >= 0.3 is 17.8 Å². The van der Waals surface area contributed by atoms with E-state index in [0.717, 1.165) is 0 Å². The number of hydrogen-bond acceptors (Lipinski definition) is 5. The minimum absolute atomic E-state index is 0.0109. The second-order valence-corrected chi connectivity index (χ2v) is 8.04. The van der Waals surface area contributed by atoms with Crippen LogP contribution in [0.3, 0.4) is 0 Å². The van der Waals surface area contributed by atoms with Crippen molar-refractivity contribution in [3.8, 4) is 16.9 Å². The van der Waals surface area contributed by atoms with Crippen LogP contribution in [0.2, 0.25) is 0 Å². The summed E-state index contributed by atoms with van der Waals surface area (Å²) in [6, 6.07) is 15.2. The predicted molar refractivity (Wildman–Crippen MR) is 116 cm³/mol. The number of fused-ring (bicyclic) bond motifs is 1. The highest BCUT2D eigenvalue weighted by atomic mass is 19.4. The zero-order chi connectivity index (χ0) is 23.8. The van der Waals surface area contributed by atoms with Gasteiger partial charge in [-0.1, -0.05) is 36.9 Å². The molecule has 1 aliphatic carbocycles. The summed E-state index contributed by atoms with van der Waals surface area (Å²) in [4.78, 5) is 24.2. The molecule has 172 valence electrons. The first-order chi connectivity index (χ1) is 15.6. The maximum Gasteiger partial charge on any atom is 0.398 e. The zero-order valence-corrected chi connectivity index (χ0v) is 17.7. The Bertz CT molecular complexity index is 1250. The molecule has 0 aliphatic heterocycles. The lowest BCUT2D eigenvalue weighted by molar-refractivity contribution is -0.215. The molecule has 1 fully saturated rings. The van der Waals surface area contributed by atoms with E-state index in [-0.39, 0.29) is 29.7 Å². The number of alkyl halides is 3. The van der Waals surface area contributed by atoms with Crippen molar-refractivity contribution < 1.29 is 31.9 Å². The summed E-state index contributed by atoms with van der Waals surface area (Å²) in [7, 11) is 0. The largest absolute Gasteiger partial charge is 0.489 e. The van der Waals surface area contributed by atoms with Gasteiger partial charge in [0.2, 0.25) is 0 Å². The second-order valence-electron chi connectivity index (χ2n) is 8.04. The Morgan fingerprint density at radius 1 is 1.06 bits per heavy atom. The number of carbonyl (C=O) groups is 1. The normalized spacial score (nSPS) is 20.5. The van der Waals surface area contributed by atoms with Gasteiger partial charge in [-0.2, -0.15) is 13.2 Å². The minimum atomic E-state index is -4.63. The van der Waals surface area contributed by atoms with Crippen LogP contribution in [-0.4, -0.2) is 24.4 Å². The van der Waals surface area contributed by atoms with Crippen molar-refractivity contribution in [2.75, 3.05) is 0 Å². The van der Waals surface area contributed by atoms with Gasteiger partial charge in [-0.05, 0) is 43.5 Å². The third kappa shape index (κ3) is 4.79. The van der Waals surface area contributed by atoms with Gasteiger partial charge in [0.25, 0.3) is 0 Å². The Kier molecular flexibility index (Phi) is 6.01. The van der Waals surface area contributed by atoms with Crippen LogP contribution < -0.4 is 10.4 Å². The van der Waals surface area contributed by atoms with E-state index < -0.39 is 35.9 Å². The molecule has 1 saturated carbocycles. The van der Waals surface area contributed by atoms with E-state index in [9.17, 15) is 22.8 Å². The first-order valence-corrected chi connectivity index (χ1v) is 10.4. The zero-order valence-electron chi connectivity index (χ0n) is 17.7. The van der Waals surface area contributed by atoms with Crippen molar-refractivity contribution in [3.63, 3.8) is 0 Å². The fraction of sp³-hybridized carbons (Fsp3) is 0.280. The van der Waals surface area contributed by atoms with Crippen molar-refractivity contribution in [2.24, 2.45) is 5.92 Å². The van der Waals surface area contributed by atoms with Crippen LogP contribution in [0.4, 0.5) is 13.2 Å². The van der Waals surface area contributed by atoms with Gasteiger partial charge in [-0.25, -0.2) is 9.59 Å². The monoisotopic (exact) mass is 458 g/mol. The van der Waals surface area contributed by atoms with Crippen molar-refractivity contribution in [3.05, 3.63) is 77.2 Å². The van der Waals surface area contributed by atoms with Crippen LogP contribution in [-0.2, 0) is 9.53 Å². The smallest absolute Gasteiger partial charge is 0.398 e. The Morgan fingerprint density at radius 3 is 2.42 bits per heavy atom. The van der Waals surface area contributed by atoms with Crippen LogP contribution in [0.5, 0.6) is 5.75 Å². The molecule has 0 amide bonds. The van der Waals surface area contributed by atoms with Crippen LogP contribution in [0.25, 0.3) is 22.1 Å². The molecule has 4 rings (SSSR count). The van der Waals surface area contributed by atoms with E-state index in [2.05, 4.69) is 6.58 Å². The number of carbonyl (C=O) groups excluding carboxylic acids is 1. The lowest BCUT2D eigenvalue weighted by Crippen LogP contribution is -2.41. The molecule has 1 heterocycles. The van der Waals surface area contributed by atoms with Gasteiger partial charge in [0.1, 0.15) is 29.5 Å². The second kappa shape index (κ2) is 8.77. The highest BCUT2D eigenvalue weighted by molar-refractivity contribution is 5.87. The molecule has 33 heavy (non-hydrogen) atoms. The highest BCUT2D eigenvalue weighted by Gasteiger charge is 2.55. The summed E-state index contributed by atoms with van der Waals surface area (Å²) in [5, 5.41) is 0.605. The molecule has 0 N–H and O–H groups in total. The molecular weight excluding hydrogens is 437 g/mol. The third-order valence-corrected chi connectivity index (χ3v) is 5.60. The van der Waals surface area contributed by atoms with Gasteiger partial charge < -0.3 is 13.9 Å². The lowest BCUT2D eigenvalue weighted by Gasteiger charge is -2.27. The predicted octanol–water partition coefficient (Wildman–Crippen LogP) is 5.67. The van der Waals surface area contributed by atoms with Gasteiger partial charge in [-0.3, -0.25) is 0 Å². The van der Waals surface area contributed by atoms with Crippen molar-refractivity contribution in [1.82, 2.24) is 0 Å². The van der Waals surface area contributed by atoms with Crippen LogP contribution >= 0.6 is 0 Å². The van der Waals surface area contributed by atoms with Crippen LogP contribution in [0.1, 0.15) is 19.8 Å². The number of ether oxygens (including phenoxy) is 2. The fourth-order valence-electron chi connectivity index (χ4n) is 4.01. The van der Waals surface area contributed by atoms with Crippen LogP contribution in [0.15, 0.2) is 76.0 Å². The van der Waals surface area contributed by atoms with E-state index in [1.807, 2.05) is 6.07 Å². The SMILES string of the molecule is C=C(C)C(=O)OC1CCC(Oc2ccc3cc(-c4ccccc4)c(=O)oc3c2)C1C(F)(F)F. The summed E-state index contributed by atoms with van der Waals surface area (Å²) >= 11 is 0. The first kappa shape index (κ1) is 22.6. The van der Waals surface area contributed by atoms with Crippen LogP contribution in [0, 0.1) is 5.92 Å². The van der Waals surface area contributed by atoms with Crippen molar-refractivity contribution in [1.29, 1.82) is 0 Å². The maximum atomic E-state index is 13.8. The Morgan fingerprint density at radius 2 is 1.76 bits per heavy atom. The molecule has 3 aromatic rings. The molecule has 5 nitrogen and oxygen atoms in total. The van der Waals surface area contributed by atoms with Gasteiger partial charge in [0.05, 0.1) is 5.56 Å². The standard InChI is InChI=1S/C25H21F3O5/c1-14(2)23(29)32-20-11-10-19(22(20)25(26,27)28)31-17-9-8-16-12-18(15-6-4-3-5-7-15)24(30)33-21(16)13-17/h3-9,12-13,19-20,22H,1,10-11H2,2H3. The topological polar surface area (TPSA) is 65.7 Å². The van der Waals surface area contributed by atoms with Gasteiger partial charge in [-0.15, -0.1) is 0 Å². The molecule has 1 aliphatic rings. The quantitative estimate of drug-likeness (QED) is 0.280. The summed E-state index contributed by atoms with van der Waals surface area (Å²) in [6.45, 7) is 4.78. The van der Waals surface area contributed by atoms with E-state index in [0.29, 0.717) is 16.5 Å². The molecule has 0 radical (unpaired) electrons. The molecule has 0 spiro atoms. The van der Waals surface area contributed by atoms with Gasteiger partial charge in [0, 0.05) is 17.0 Å². The minimum Gasteiger partial charge on any atom is -0.489 e.